The molecule has 0 radical (unpaired) electrons. The monoisotopic (exact) mass is 1050 g/mol. The molecular weight excluding hydrogens is 1010 g/mol. The smallest absolute Gasteiger partial charge is 0.338 e. The summed E-state index contributed by atoms with van der Waals surface area (Å²) in [4.78, 5) is 123. The summed E-state index contributed by atoms with van der Waals surface area (Å²) in [5.41, 5.74) is -2.36. The van der Waals surface area contributed by atoms with Crippen LogP contribution in [0.3, 0.4) is 0 Å². The van der Waals surface area contributed by atoms with Crippen molar-refractivity contribution in [1.82, 2.24) is 19.1 Å². The Labute approximate surface area is 442 Å². The molecule has 78 heavy (non-hydrogen) atoms. The number of hydrogen-bond acceptors (Lipinski definition) is 18. The van der Waals surface area contributed by atoms with E-state index in [4.69, 9.17) is 37.9 Å². The molecule has 0 spiro atoms. The van der Waals surface area contributed by atoms with Gasteiger partial charge in [-0.15, -0.1) is 0 Å². The molecular formula is C58H44N4O16. The first kappa shape index (κ1) is 51.6. The molecule has 2 fully saturated rings. The lowest BCUT2D eigenvalue weighted by Gasteiger charge is -2.27. The lowest BCUT2D eigenvalue weighted by atomic mass is 10.1. The zero-order valence-electron chi connectivity index (χ0n) is 40.8. The van der Waals surface area contributed by atoms with E-state index < -0.39 is 115 Å². The zero-order valence-corrected chi connectivity index (χ0v) is 40.8. The summed E-state index contributed by atoms with van der Waals surface area (Å²) in [5.74, 6) is -5.47. The predicted molar refractivity (Wildman–Crippen MR) is 272 cm³/mol. The minimum absolute atomic E-state index is 0.0116. The highest BCUT2D eigenvalue weighted by atomic mass is 16.7. The van der Waals surface area contributed by atoms with E-state index in [1.54, 1.807) is 109 Å². The van der Waals surface area contributed by atoms with Gasteiger partial charge >= 0.3 is 41.5 Å². The molecule has 2 aromatic heterocycles. The van der Waals surface area contributed by atoms with Crippen LogP contribution in [0.25, 0.3) is 11.0 Å². The van der Waals surface area contributed by atoms with E-state index in [0.29, 0.717) is 4.57 Å². The highest BCUT2D eigenvalue weighted by Gasteiger charge is 2.55. The number of carbonyl (C=O) groups is 6. The number of rotatable bonds is 16. The van der Waals surface area contributed by atoms with Crippen LogP contribution < -0.4 is 11.2 Å². The van der Waals surface area contributed by atoms with Gasteiger partial charge in [0.25, 0.3) is 5.56 Å². The molecule has 6 aromatic carbocycles. The maximum absolute atomic E-state index is 15.8. The Balaban J connectivity index is 1.12. The van der Waals surface area contributed by atoms with Crippen LogP contribution in [-0.4, -0.2) is 105 Å². The molecule has 0 unspecified atom stereocenters. The van der Waals surface area contributed by atoms with Gasteiger partial charge in [-0.25, -0.2) is 52.7 Å². The maximum Gasteiger partial charge on any atom is 0.338 e. The number of hydrogen-bond donors (Lipinski definition) is 0. The standard InChI is InChI=1S/C58H44N4O16/c63-49-41-31-59-34-60-48(41)61(50-46(77-56(68)39-27-15-5-16-28-39)44(75-54(66)37-23-11-3-12-24-37)42(73-50)32-71-52(64)35-19-7-1-8-20-35)58(70)62(49)51-47(78-57(69)40-29-17-6-18-30-40)45(76-55(67)38-25-13-4-14-26-38)43(74-51)33-72-53(65)36-21-9-2-10-22-36/h1-31,34,42-47,50-51H,32-33H2/t42-,43-,44-,45-,46-,47-,50-,51-/m1/s1. The van der Waals surface area contributed by atoms with Gasteiger partial charge in [0.05, 0.1) is 33.4 Å². The summed E-state index contributed by atoms with van der Waals surface area (Å²) in [6.07, 6.45) is -12.0. The summed E-state index contributed by atoms with van der Waals surface area (Å²) in [6.45, 7) is -1.34. The SMILES string of the molecule is O=C(OC[C@H]1O[C@@H](n2c(=O)c3cncnc3n([C@@H]3O[C@H](COC(=O)c4ccccc4)[C@@H](OC(=O)c4ccccc4)[C@H]3OC(=O)c3ccccc3)c2=O)[C@H](OC(=O)c2ccccc2)[C@@H]1OC(=O)c1ccccc1)c1ccccc1. The number of carbonyl (C=O) groups excluding carboxylic acids is 6. The van der Waals surface area contributed by atoms with E-state index in [1.807, 2.05) is 0 Å². The van der Waals surface area contributed by atoms with Crippen molar-refractivity contribution in [2.45, 2.75) is 49.1 Å². The van der Waals surface area contributed by atoms with Crippen LogP contribution in [0.15, 0.2) is 204 Å². The molecule has 0 amide bonds. The molecule has 2 saturated heterocycles. The average Bonchev–Trinajstić information content (AvgIpc) is 4.21. The predicted octanol–water partition coefficient (Wildman–Crippen LogP) is 6.36. The van der Waals surface area contributed by atoms with Crippen molar-refractivity contribution in [3.63, 3.8) is 0 Å². The molecule has 8 atom stereocenters. The Morgan fingerprint density at radius 3 is 1.06 bits per heavy atom. The van der Waals surface area contributed by atoms with Crippen LogP contribution in [0.4, 0.5) is 0 Å². The van der Waals surface area contributed by atoms with E-state index in [-0.39, 0.29) is 38.8 Å². The fourth-order valence-electron chi connectivity index (χ4n) is 8.87. The largest absolute Gasteiger partial charge is 0.459 e. The number of aromatic nitrogens is 4. The van der Waals surface area contributed by atoms with Crippen LogP contribution in [0.5, 0.6) is 0 Å². The quantitative estimate of drug-likeness (QED) is 0.0754. The van der Waals surface area contributed by atoms with E-state index >= 15 is 9.59 Å². The highest BCUT2D eigenvalue weighted by molar-refractivity contribution is 5.92. The van der Waals surface area contributed by atoms with Crippen molar-refractivity contribution < 1.29 is 66.7 Å². The second-order valence-electron chi connectivity index (χ2n) is 17.6. The molecule has 8 aromatic rings. The summed E-state index contributed by atoms with van der Waals surface area (Å²) < 4.78 is 50.4. The summed E-state index contributed by atoms with van der Waals surface area (Å²) in [5, 5.41) is -0.376. The molecule has 10 rings (SSSR count). The Hall–Kier alpha value is -9.92. The van der Waals surface area contributed by atoms with Gasteiger partial charge in [-0.2, -0.15) is 0 Å². The Morgan fingerprint density at radius 2 is 0.718 bits per heavy atom. The molecule has 2 aliphatic heterocycles. The third kappa shape index (κ3) is 11.1. The van der Waals surface area contributed by atoms with Crippen LogP contribution in [0.2, 0.25) is 0 Å². The number of nitrogens with zero attached hydrogens (tertiary/aromatic N) is 4. The van der Waals surface area contributed by atoms with E-state index in [9.17, 15) is 28.8 Å². The number of ether oxygens (including phenoxy) is 8. The molecule has 0 N–H and O–H groups in total. The van der Waals surface area contributed by atoms with Crippen LogP contribution in [-0.2, 0) is 37.9 Å². The maximum atomic E-state index is 15.8. The zero-order chi connectivity index (χ0) is 54.1. The van der Waals surface area contributed by atoms with Gasteiger partial charge in [-0.05, 0) is 72.8 Å². The van der Waals surface area contributed by atoms with E-state index in [0.717, 1.165) is 17.1 Å². The lowest BCUT2D eigenvalue weighted by molar-refractivity contribution is -0.0743. The molecule has 0 saturated carbocycles. The van der Waals surface area contributed by atoms with Crippen molar-refractivity contribution >= 4 is 46.8 Å². The summed E-state index contributed by atoms with van der Waals surface area (Å²) >= 11 is 0. The van der Waals surface area contributed by atoms with Crippen molar-refractivity contribution in [2.75, 3.05) is 13.2 Å². The second-order valence-corrected chi connectivity index (χ2v) is 17.6. The van der Waals surface area contributed by atoms with Gasteiger partial charge in [0.2, 0.25) is 0 Å². The van der Waals surface area contributed by atoms with Gasteiger partial charge in [0.15, 0.2) is 42.5 Å². The number of fused-ring (bicyclic) bond motifs is 1. The summed E-state index contributed by atoms with van der Waals surface area (Å²) in [6, 6.07) is 46.8. The number of benzene rings is 6. The van der Waals surface area contributed by atoms with Crippen molar-refractivity contribution in [2.24, 2.45) is 0 Å². The van der Waals surface area contributed by atoms with Crippen molar-refractivity contribution in [1.29, 1.82) is 0 Å². The molecule has 20 nitrogen and oxygen atoms in total. The molecule has 4 heterocycles. The van der Waals surface area contributed by atoms with Gasteiger partial charge in [0.1, 0.15) is 37.1 Å². The molecule has 2 aliphatic rings. The topological polar surface area (TPSA) is 246 Å². The van der Waals surface area contributed by atoms with Crippen LogP contribution in [0, 0.1) is 0 Å². The fourth-order valence-corrected chi connectivity index (χ4v) is 8.87. The minimum Gasteiger partial charge on any atom is -0.459 e. The van der Waals surface area contributed by atoms with Gasteiger partial charge in [0, 0.05) is 6.20 Å². The average molecular weight is 1050 g/mol. The molecule has 0 bridgehead atoms. The Morgan fingerprint density at radius 1 is 0.410 bits per heavy atom. The van der Waals surface area contributed by atoms with Crippen LogP contribution in [0.1, 0.15) is 74.6 Å². The molecule has 392 valence electrons. The summed E-state index contributed by atoms with van der Waals surface area (Å²) in [7, 11) is 0. The highest BCUT2D eigenvalue weighted by Crippen LogP contribution is 2.38. The Kier molecular flexibility index (Phi) is 15.4. The van der Waals surface area contributed by atoms with Gasteiger partial charge < -0.3 is 37.9 Å². The van der Waals surface area contributed by atoms with Crippen LogP contribution >= 0.6 is 0 Å². The van der Waals surface area contributed by atoms with Crippen molar-refractivity contribution in [3.05, 3.63) is 249 Å². The third-order valence-corrected chi connectivity index (χ3v) is 12.6. The lowest BCUT2D eigenvalue weighted by Crippen LogP contribution is -2.50. The Bertz CT molecular complexity index is 3590. The first-order valence-electron chi connectivity index (χ1n) is 24.3. The third-order valence-electron chi connectivity index (χ3n) is 12.6. The molecule has 0 aliphatic carbocycles. The van der Waals surface area contributed by atoms with E-state index in [2.05, 4.69) is 9.97 Å². The van der Waals surface area contributed by atoms with Gasteiger partial charge in [-0.1, -0.05) is 109 Å². The van der Waals surface area contributed by atoms with Crippen molar-refractivity contribution in [3.8, 4) is 0 Å². The fraction of sp³-hybridized carbons (Fsp3) is 0.172. The van der Waals surface area contributed by atoms with Gasteiger partial charge in [-0.3, -0.25) is 4.79 Å². The molecule has 20 heteroatoms. The first-order chi connectivity index (χ1) is 38.0. The minimum atomic E-state index is -2.02. The number of esters is 6. The second kappa shape index (κ2) is 23.3. The normalized spacial score (nSPS) is 20.5. The first-order valence-corrected chi connectivity index (χ1v) is 24.3. The van der Waals surface area contributed by atoms with E-state index in [1.165, 1.54) is 72.8 Å².